The van der Waals surface area contributed by atoms with Gasteiger partial charge >= 0.3 is 0 Å². The lowest BCUT2D eigenvalue weighted by Gasteiger charge is -2.18. The maximum Gasteiger partial charge on any atom is 0.254 e. The molecule has 138 valence electrons. The van der Waals surface area contributed by atoms with Crippen LogP contribution < -0.4 is 5.32 Å². The number of hydrogen-bond acceptors (Lipinski definition) is 4. The minimum Gasteiger partial charge on any atom is -0.332 e. The molecular formula is C20H21N5O2. The second-order valence-electron chi connectivity index (χ2n) is 6.34. The van der Waals surface area contributed by atoms with Crippen LogP contribution in [0.2, 0.25) is 0 Å². The van der Waals surface area contributed by atoms with Gasteiger partial charge in [-0.2, -0.15) is 5.10 Å². The Morgan fingerprint density at radius 2 is 1.85 bits per heavy atom. The van der Waals surface area contributed by atoms with Gasteiger partial charge in [0.25, 0.3) is 5.91 Å². The number of aromatic nitrogens is 3. The van der Waals surface area contributed by atoms with Gasteiger partial charge in [-0.1, -0.05) is 12.1 Å². The van der Waals surface area contributed by atoms with Crippen molar-refractivity contribution in [2.75, 3.05) is 18.9 Å². The van der Waals surface area contributed by atoms with Crippen molar-refractivity contribution in [3.05, 3.63) is 71.8 Å². The van der Waals surface area contributed by atoms with Crippen LogP contribution in [0.25, 0.3) is 5.69 Å². The molecule has 7 nitrogen and oxygen atoms in total. The molecule has 1 heterocycles. The Hall–Kier alpha value is -3.48. The lowest BCUT2D eigenvalue weighted by Crippen LogP contribution is -2.35. The standard InChI is InChI=1S/C20H21N5O2/c1-14-5-4-6-18(15(14)2)23-19(26)11-24(3)20(27)16-7-9-17(10-8-16)25-13-21-12-22-25/h4-10,12-13H,11H2,1-3H3,(H,23,26). The summed E-state index contributed by atoms with van der Waals surface area (Å²) >= 11 is 0. The van der Waals surface area contributed by atoms with Gasteiger partial charge < -0.3 is 10.2 Å². The quantitative estimate of drug-likeness (QED) is 0.756. The van der Waals surface area contributed by atoms with Crippen LogP contribution in [0.15, 0.2) is 55.1 Å². The number of carbonyl (C=O) groups is 2. The van der Waals surface area contributed by atoms with Gasteiger partial charge in [-0.25, -0.2) is 9.67 Å². The van der Waals surface area contributed by atoms with Crippen molar-refractivity contribution in [1.29, 1.82) is 0 Å². The number of amides is 2. The van der Waals surface area contributed by atoms with Gasteiger partial charge in [0.15, 0.2) is 0 Å². The summed E-state index contributed by atoms with van der Waals surface area (Å²) in [6.07, 6.45) is 3.03. The Labute approximate surface area is 157 Å². The minimum absolute atomic E-state index is 0.0307. The fourth-order valence-electron chi connectivity index (χ4n) is 2.68. The fraction of sp³-hybridized carbons (Fsp3) is 0.200. The molecule has 0 atom stereocenters. The lowest BCUT2D eigenvalue weighted by molar-refractivity contribution is -0.116. The van der Waals surface area contributed by atoms with Gasteiger partial charge in [0.1, 0.15) is 12.7 Å². The maximum absolute atomic E-state index is 12.6. The molecule has 0 aliphatic rings. The zero-order valence-corrected chi connectivity index (χ0v) is 15.5. The molecule has 0 spiro atoms. The lowest BCUT2D eigenvalue weighted by atomic mass is 10.1. The van der Waals surface area contributed by atoms with Crippen LogP contribution in [0.4, 0.5) is 5.69 Å². The van der Waals surface area contributed by atoms with E-state index < -0.39 is 0 Å². The highest BCUT2D eigenvalue weighted by Gasteiger charge is 2.16. The molecule has 0 saturated heterocycles. The Kier molecular flexibility index (Phi) is 5.30. The average molecular weight is 363 g/mol. The first-order valence-electron chi connectivity index (χ1n) is 8.52. The zero-order chi connectivity index (χ0) is 19.4. The van der Waals surface area contributed by atoms with Crippen molar-refractivity contribution in [3.63, 3.8) is 0 Å². The number of hydrogen-bond donors (Lipinski definition) is 1. The molecule has 27 heavy (non-hydrogen) atoms. The van der Waals surface area contributed by atoms with E-state index in [4.69, 9.17) is 0 Å². The van der Waals surface area contributed by atoms with Gasteiger partial charge in [-0.3, -0.25) is 9.59 Å². The molecule has 0 fully saturated rings. The van der Waals surface area contributed by atoms with Crippen molar-refractivity contribution in [2.24, 2.45) is 0 Å². The van der Waals surface area contributed by atoms with Crippen molar-refractivity contribution in [2.45, 2.75) is 13.8 Å². The Morgan fingerprint density at radius 1 is 1.11 bits per heavy atom. The third-order valence-electron chi connectivity index (χ3n) is 4.40. The highest BCUT2D eigenvalue weighted by Crippen LogP contribution is 2.18. The summed E-state index contributed by atoms with van der Waals surface area (Å²) < 4.78 is 1.61. The van der Waals surface area contributed by atoms with E-state index in [0.29, 0.717) is 5.56 Å². The Morgan fingerprint density at radius 3 is 2.52 bits per heavy atom. The van der Waals surface area contributed by atoms with Crippen LogP contribution in [0, 0.1) is 13.8 Å². The van der Waals surface area contributed by atoms with Gasteiger partial charge in [0.05, 0.1) is 12.2 Å². The first-order valence-corrected chi connectivity index (χ1v) is 8.52. The number of likely N-dealkylation sites (N-methyl/N-ethyl adjacent to an activating group) is 1. The number of nitrogens with zero attached hydrogens (tertiary/aromatic N) is 4. The third kappa shape index (κ3) is 4.20. The molecule has 2 aromatic carbocycles. The first kappa shape index (κ1) is 18.3. The zero-order valence-electron chi connectivity index (χ0n) is 15.5. The van der Waals surface area contributed by atoms with Crippen LogP contribution >= 0.6 is 0 Å². The molecule has 3 rings (SSSR count). The SMILES string of the molecule is Cc1cccc(NC(=O)CN(C)C(=O)c2ccc(-n3cncn3)cc2)c1C. The summed E-state index contributed by atoms with van der Waals surface area (Å²) in [6.45, 7) is 3.91. The van der Waals surface area contributed by atoms with E-state index in [-0.39, 0.29) is 18.4 Å². The van der Waals surface area contributed by atoms with Crippen LogP contribution in [0.3, 0.4) is 0 Å². The van der Waals surface area contributed by atoms with Crippen molar-refractivity contribution < 1.29 is 9.59 Å². The monoisotopic (exact) mass is 363 g/mol. The largest absolute Gasteiger partial charge is 0.332 e. The summed E-state index contributed by atoms with van der Waals surface area (Å²) in [7, 11) is 1.61. The molecule has 2 amide bonds. The molecule has 0 saturated carbocycles. The van der Waals surface area contributed by atoms with E-state index in [2.05, 4.69) is 15.4 Å². The van der Waals surface area contributed by atoms with Crippen LogP contribution in [0.1, 0.15) is 21.5 Å². The summed E-state index contributed by atoms with van der Waals surface area (Å²) in [4.78, 5) is 30.2. The summed E-state index contributed by atoms with van der Waals surface area (Å²) in [5.74, 6) is -0.463. The number of nitrogens with one attached hydrogen (secondary N) is 1. The summed E-state index contributed by atoms with van der Waals surface area (Å²) in [5, 5.41) is 6.91. The predicted molar refractivity (Wildman–Crippen MR) is 103 cm³/mol. The van der Waals surface area contributed by atoms with Gasteiger partial charge in [-0.05, 0) is 55.3 Å². The molecule has 0 radical (unpaired) electrons. The third-order valence-corrected chi connectivity index (χ3v) is 4.40. The normalized spacial score (nSPS) is 10.5. The van der Waals surface area contributed by atoms with E-state index in [1.54, 1.807) is 42.3 Å². The minimum atomic E-state index is -0.237. The topological polar surface area (TPSA) is 80.1 Å². The van der Waals surface area contributed by atoms with Crippen LogP contribution in [-0.2, 0) is 4.79 Å². The molecule has 3 aromatic rings. The van der Waals surface area contributed by atoms with Crippen LogP contribution in [0.5, 0.6) is 0 Å². The molecule has 1 N–H and O–H groups in total. The highest BCUT2D eigenvalue weighted by molar-refractivity contribution is 5.99. The Balaban J connectivity index is 1.63. The summed E-state index contributed by atoms with van der Waals surface area (Å²) in [6, 6.07) is 12.7. The second-order valence-corrected chi connectivity index (χ2v) is 6.34. The number of aryl methyl sites for hydroxylation is 1. The van der Waals surface area contributed by atoms with E-state index >= 15 is 0 Å². The Bertz CT molecular complexity index is 949. The second kappa shape index (κ2) is 7.82. The van der Waals surface area contributed by atoms with E-state index in [1.807, 2.05) is 32.0 Å². The van der Waals surface area contributed by atoms with Crippen molar-refractivity contribution in [3.8, 4) is 5.69 Å². The van der Waals surface area contributed by atoms with Gasteiger partial charge in [0.2, 0.25) is 5.91 Å². The molecule has 0 aliphatic carbocycles. The van der Waals surface area contributed by atoms with Gasteiger partial charge in [-0.15, -0.1) is 0 Å². The summed E-state index contributed by atoms with van der Waals surface area (Å²) in [5.41, 5.74) is 4.19. The molecule has 0 unspecified atom stereocenters. The molecule has 7 heteroatoms. The van der Waals surface area contributed by atoms with Gasteiger partial charge in [0, 0.05) is 18.3 Å². The number of benzene rings is 2. The highest BCUT2D eigenvalue weighted by atomic mass is 16.2. The number of anilines is 1. The first-order chi connectivity index (χ1) is 13.0. The van der Waals surface area contributed by atoms with E-state index in [0.717, 1.165) is 22.5 Å². The predicted octanol–water partition coefficient (Wildman–Crippen LogP) is 2.59. The molecule has 0 bridgehead atoms. The number of rotatable bonds is 5. The van der Waals surface area contributed by atoms with Crippen molar-refractivity contribution >= 4 is 17.5 Å². The molecule has 0 aliphatic heterocycles. The van der Waals surface area contributed by atoms with E-state index in [9.17, 15) is 9.59 Å². The fourth-order valence-corrected chi connectivity index (χ4v) is 2.68. The molecule has 1 aromatic heterocycles. The smallest absolute Gasteiger partial charge is 0.254 e. The van der Waals surface area contributed by atoms with Crippen LogP contribution in [-0.4, -0.2) is 45.1 Å². The van der Waals surface area contributed by atoms with Crippen molar-refractivity contribution in [1.82, 2.24) is 19.7 Å². The average Bonchev–Trinajstić information content (AvgIpc) is 3.19. The maximum atomic E-state index is 12.6. The number of carbonyl (C=O) groups excluding carboxylic acids is 2. The van der Waals surface area contributed by atoms with E-state index in [1.165, 1.54) is 11.2 Å². The molecular weight excluding hydrogens is 342 g/mol.